The highest BCUT2D eigenvalue weighted by Crippen LogP contribution is 2.46. The van der Waals surface area contributed by atoms with Crippen LogP contribution in [0.15, 0.2) is 47.4 Å². The van der Waals surface area contributed by atoms with Gasteiger partial charge in [0.2, 0.25) is 0 Å². The van der Waals surface area contributed by atoms with Crippen molar-refractivity contribution < 1.29 is 23.1 Å². The minimum atomic E-state index is -1.27. The Kier molecular flexibility index (Phi) is 7.97. The van der Waals surface area contributed by atoms with Crippen LogP contribution < -0.4 is 10.6 Å². The van der Waals surface area contributed by atoms with Crippen molar-refractivity contribution >= 4 is 27.7 Å². The van der Waals surface area contributed by atoms with E-state index in [9.17, 15) is 18.4 Å². The van der Waals surface area contributed by atoms with Crippen LogP contribution in [-0.2, 0) is 16.1 Å². The van der Waals surface area contributed by atoms with E-state index in [0.29, 0.717) is 22.8 Å². The molecule has 6 nitrogen and oxygen atoms in total. The molecule has 9 heteroatoms. The summed E-state index contributed by atoms with van der Waals surface area (Å²) in [5.74, 6) is -0.903. The third-order valence-electron chi connectivity index (χ3n) is 5.43. The largest absolute Gasteiger partial charge is 0.380 e. The van der Waals surface area contributed by atoms with Crippen molar-refractivity contribution in [2.45, 2.75) is 30.1 Å². The fraction of sp³-hybridized carbons (Fsp3) is 0.417. The molecule has 0 aliphatic carbocycles. The summed E-state index contributed by atoms with van der Waals surface area (Å²) in [4.78, 5) is 27.8. The predicted octanol–water partition coefficient (Wildman–Crippen LogP) is 4.46. The lowest BCUT2D eigenvalue weighted by atomic mass is 10.0. The average Bonchev–Trinajstić information content (AvgIpc) is 3.18. The maximum absolute atomic E-state index is 14.6. The minimum Gasteiger partial charge on any atom is -0.380 e. The van der Waals surface area contributed by atoms with Gasteiger partial charge >= 0.3 is 6.03 Å². The second-order valence-corrected chi connectivity index (χ2v) is 13.0. The highest BCUT2D eigenvalue weighted by molar-refractivity contribution is 8.32. The summed E-state index contributed by atoms with van der Waals surface area (Å²) >= 11 is 0. The number of urea groups is 1. The highest BCUT2D eigenvalue weighted by Gasteiger charge is 2.30. The molecule has 1 saturated heterocycles. The Bertz CT molecular complexity index is 995. The van der Waals surface area contributed by atoms with Gasteiger partial charge in [0.1, 0.15) is 18.0 Å². The van der Waals surface area contributed by atoms with Crippen LogP contribution in [0, 0.1) is 5.82 Å². The number of rotatable bonds is 7. The second kappa shape index (κ2) is 10.5. The number of hydrogen-bond acceptors (Lipinski definition) is 3. The molecule has 1 aliphatic rings. The molecule has 0 saturated carbocycles. The molecule has 180 valence electrons. The van der Waals surface area contributed by atoms with E-state index in [2.05, 4.69) is 10.6 Å². The summed E-state index contributed by atoms with van der Waals surface area (Å²) in [5.41, 5.74) is 1.76. The monoisotopic (exact) mass is 479 g/mol. The normalized spacial score (nSPS) is 17.5. The summed E-state index contributed by atoms with van der Waals surface area (Å²) in [6, 6.07) is 10.1. The van der Waals surface area contributed by atoms with Crippen molar-refractivity contribution in [2.75, 3.05) is 44.3 Å². The standard InChI is InChI=1S/C24H31F2N3O3S/c1-32-15-16-5-7-17(8-6-16)22(28-24(31)29-12-11-18(25)14-29)23(30)27-19-9-10-21(20(26)13-19)33(2,3)4/h5-10,13,18,22H,11-12,14-15H2,1-4H3,(H,27,30)(H,28,31)/t18-,22-/m1/s1. The van der Waals surface area contributed by atoms with Crippen LogP contribution in [0.1, 0.15) is 23.6 Å². The number of anilines is 1. The third kappa shape index (κ3) is 6.45. The van der Waals surface area contributed by atoms with Gasteiger partial charge in [0.25, 0.3) is 5.91 Å². The maximum Gasteiger partial charge on any atom is 0.318 e. The van der Waals surface area contributed by atoms with Crippen LogP contribution in [0.3, 0.4) is 0 Å². The first-order valence-electron chi connectivity index (χ1n) is 10.6. The van der Waals surface area contributed by atoms with Gasteiger partial charge in [-0.2, -0.15) is 0 Å². The Morgan fingerprint density at radius 2 is 1.88 bits per heavy atom. The first-order chi connectivity index (χ1) is 15.6. The molecule has 0 radical (unpaired) electrons. The zero-order valence-corrected chi connectivity index (χ0v) is 20.2. The molecule has 0 bridgehead atoms. The molecule has 2 atom stereocenters. The second-order valence-electron chi connectivity index (χ2n) is 8.86. The molecule has 0 unspecified atom stereocenters. The Morgan fingerprint density at radius 3 is 2.42 bits per heavy atom. The Balaban J connectivity index is 1.82. The van der Waals surface area contributed by atoms with Crippen molar-refractivity contribution in [1.29, 1.82) is 0 Å². The number of benzene rings is 2. The molecule has 1 heterocycles. The van der Waals surface area contributed by atoms with E-state index in [1.165, 1.54) is 11.0 Å². The van der Waals surface area contributed by atoms with Crippen molar-refractivity contribution in [3.05, 3.63) is 59.4 Å². The number of likely N-dealkylation sites (tertiary alicyclic amines) is 1. The molecular formula is C24H31F2N3O3S. The average molecular weight is 480 g/mol. The summed E-state index contributed by atoms with van der Waals surface area (Å²) in [6.45, 7) is 0.696. The molecule has 1 aliphatic heterocycles. The van der Waals surface area contributed by atoms with Crippen molar-refractivity contribution in [2.24, 2.45) is 0 Å². The van der Waals surface area contributed by atoms with Gasteiger partial charge in [-0.05, 0) is 54.5 Å². The highest BCUT2D eigenvalue weighted by atomic mass is 32.3. The molecule has 3 amide bonds. The van der Waals surface area contributed by atoms with Crippen LogP contribution in [-0.4, -0.2) is 62.0 Å². The molecule has 3 rings (SSSR count). The third-order valence-corrected chi connectivity index (χ3v) is 7.08. The number of amides is 3. The van der Waals surface area contributed by atoms with Crippen LogP contribution in [0.25, 0.3) is 0 Å². The Hall–Kier alpha value is -2.65. The van der Waals surface area contributed by atoms with Gasteiger partial charge in [-0.15, -0.1) is 0 Å². The van der Waals surface area contributed by atoms with E-state index in [1.54, 1.807) is 43.5 Å². The van der Waals surface area contributed by atoms with Gasteiger partial charge in [0.05, 0.1) is 13.2 Å². The lowest BCUT2D eigenvalue weighted by Crippen LogP contribution is -2.44. The van der Waals surface area contributed by atoms with Crippen molar-refractivity contribution in [3.63, 3.8) is 0 Å². The quantitative estimate of drug-likeness (QED) is 0.616. The molecule has 0 aromatic heterocycles. The van der Waals surface area contributed by atoms with Crippen LogP contribution in [0.2, 0.25) is 0 Å². The summed E-state index contributed by atoms with van der Waals surface area (Å²) in [5, 5.41) is 5.41. The van der Waals surface area contributed by atoms with Gasteiger partial charge < -0.3 is 20.3 Å². The summed E-state index contributed by atoms with van der Waals surface area (Å²) in [7, 11) is 0.319. The van der Waals surface area contributed by atoms with E-state index < -0.39 is 34.2 Å². The molecule has 2 N–H and O–H groups in total. The van der Waals surface area contributed by atoms with Crippen LogP contribution in [0.4, 0.5) is 19.3 Å². The van der Waals surface area contributed by atoms with Gasteiger partial charge in [0.15, 0.2) is 0 Å². The summed E-state index contributed by atoms with van der Waals surface area (Å²) < 4.78 is 33.3. The smallest absolute Gasteiger partial charge is 0.318 e. The number of carbonyl (C=O) groups excluding carboxylic acids is 2. The molecule has 1 fully saturated rings. The fourth-order valence-corrected chi connectivity index (χ4v) is 4.80. The SMILES string of the molecule is COCc1ccc([C@@H](NC(=O)N2CC[C@@H](F)C2)C(=O)Nc2ccc(S(C)(C)C)c(F)c2)cc1. The zero-order valence-electron chi connectivity index (χ0n) is 19.4. The Labute approximate surface area is 195 Å². The summed E-state index contributed by atoms with van der Waals surface area (Å²) in [6.07, 6.45) is 5.18. The van der Waals surface area contributed by atoms with Gasteiger partial charge in [-0.1, -0.05) is 24.3 Å². The van der Waals surface area contributed by atoms with Gasteiger partial charge in [-0.25, -0.2) is 23.6 Å². The number of methoxy groups -OCH3 is 1. The van der Waals surface area contributed by atoms with E-state index in [0.717, 1.165) is 5.56 Å². The number of alkyl halides is 1. The lowest BCUT2D eigenvalue weighted by Gasteiger charge is -2.27. The maximum atomic E-state index is 14.6. The number of ether oxygens (including phenoxy) is 1. The fourth-order valence-electron chi connectivity index (χ4n) is 3.68. The number of nitrogens with zero attached hydrogens (tertiary/aromatic N) is 1. The zero-order chi connectivity index (χ0) is 24.2. The first kappa shape index (κ1) is 25.0. The molecule has 2 aromatic rings. The van der Waals surface area contributed by atoms with E-state index >= 15 is 0 Å². The van der Waals surface area contributed by atoms with Crippen LogP contribution >= 0.6 is 10.0 Å². The van der Waals surface area contributed by atoms with E-state index in [-0.39, 0.29) is 25.3 Å². The van der Waals surface area contributed by atoms with Crippen molar-refractivity contribution in [1.82, 2.24) is 10.2 Å². The lowest BCUT2D eigenvalue weighted by molar-refractivity contribution is -0.118. The van der Waals surface area contributed by atoms with Gasteiger partial charge in [0, 0.05) is 24.2 Å². The first-order valence-corrected chi connectivity index (χ1v) is 13.5. The number of hydrogen-bond donors (Lipinski definition) is 2. The van der Waals surface area contributed by atoms with E-state index in [1.807, 2.05) is 18.8 Å². The molecule has 33 heavy (non-hydrogen) atoms. The van der Waals surface area contributed by atoms with Crippen LogP contribution in [0.5, 0.6) is 0 Å². The van der Waals surface area contributed by atoms with E-state index in [4.69, 9.17) is 4.74 Å². The Morgan fingerprint density at radius 1 is 1.18 bits per heavy atom. The number of carbonyl (C=O) groups is 2. The number of halogens is 2. The molecular weight excluding hydrogens is 448 g/mol. The van der Waals surface area contributed by atoms with Gasteiger partial charge in [-0.3, -0.25) is 4.79 Å². The van der Waals surface area contributed by atoms with Crippen molar-refractivity contribution in [3.8, 4) is 0 Å². The molecule has 2 aromatic carbocycles. The predicted molar refractivity (Wildman–Crippen MR) is 128 cm³/mol. The molecule has 0 spiro atoms. The minimum absolute atomic E-state index is 0.00520. The topological polar surface area (TPSA) is 70.7 Å². The number of nitrogens with one attached hydrogen (secondary N) is 2.